The third kappa shape index (κ3) is 4.03. The number of rotatable bonds is 6. The summed E-state index contributed by atoms with van der Waals surface area (Å²) in [6.45, 7) is 3.63. The van der Waals surface area contributed by atoms with Gasteiger partial charge in [0, 0.05) is 31.2 Å². The molecule has 0 fully saturated rings. The largest absolute Gasteiger partial charge is 0.478 e. The molecule has 5 heteroatoms. The number of anilines is 1. The number of aromatic nitrogens is 2. The van der Waals surface area contributed by atoms with Crippen molar-refractivity contribution in [3.8, 4) is 5.88 Å². The molecule has 0 atom stereocenters. The van der Waals surface area contributed by atoms with Gasteiger partial charge in [-0.05, 0) is 6.42 Å². The van der Waals surface area contributed by atoms with Crippen LogP contribution in [0.25, 0.3) is 0 Å². The highest BCUT2D eigenvalue weighted by Crippen LogP contribution is 2.11. The average Bonchev–Trinajstić information content (AvgIpc) is 2.27. The number of nitrogens with zero attached hydrogens (tertiary/aromatic N) is 3. The molecule has 0 spiro atoms. The molecule has 0 radical (unpaired) electrons. The maximum absolute atomic E-state index is 5.43. The molecule has 0 saturated carbocycles. The molecule has 4 nitrogen and oxygen atoms in total. The first-order chi connectivity index (χ1) is 7.27. The maximum Gasteiger partial charge on any atom is 0.228 e. The number of hydrogen-bond donors (Lipinski definition) is 0. The molecule has 0 unspecified atom stereocenters. The van der Waals surface area contributed by atoms with Crippen molar-refractivity contribution in [2.24, 2.45) is 0 Å². The Labute approximate surface area is 98.8 Å². The van der Waals surface area contributed by atoms with Crippen molar-refractivity contribution in [1.82, 2.24) is 9.97 Å². The average molecular weight is 274 g/mol. The lowest BCUT2D eigenvalue weighted by Crippen LogP contribution is -2.21. The highest BCUT2D eigenvalue weighted by molar-refractivity contribution is 9.09. The zero-order valence-corrected chi connectivity index (χ0v) is 10.7. The van der Waals surface area contributed by atoms with Crippen LogP contribution in [0.1, 0.15) is 13.3 Å². The summed E-state index contributed by atoms with van der Waals surface area (Å²) in [6.07, 6.45) is 2.70. The fourth-order valence-electron chi connectivity index (χ4n) is 1.03. The summed E-state index contributed by atoms with van der Waals surface area (Å²) >= 11 is 3.38. The number of halogens is 1. The molecule has 0 bridgehead atoms. The van der Waals surface area contributed by atoms with E-state index in [-0.39, 0.29) is 0 Å². The predicted molar refractivity (Wildman–Crippen MR) is 64.9 cm³/mol. The van der Waals surface area contributed by atoms with Gasteiger partial charge in [-0.3, -0.25) is 0 Å². The molecule has 0 aliphatic rings. The summed E-state index contributed by atoms with van der Waals surface area (Å²) in [4.78, 5) is 10.5. The van der Waals surface area contributed by atoms with Crippen LogP contribution < -0.4 is 9.64 Å². The van der Waals surface area contributed by atoms with Gasteiger partial charge in [0.15, 0.2) is 0 Å². The molecule has 1 heterocycles. The van der Waals surface area contributed by atoms with E-state index < -0.39 is 0 Å². The van der Waals surface area contributed by atoms with E-state index in [1.54, 1.807) is 12.3 Å². The van der Waals surface area contributed by atoms with Crippen molar-refractivity contribution in [3.05, 3.63) is 12.3 Å². The van der Waals surface area contributed by atoms with Crippen LogP contribution >= 0.6 is 15.9 Å². The van der Waals surface area contributed by atoms with E-state index in [2.05, 4.69) is 32.8 Å². The second-order valence-corrected chi connectivity index (χ2v) is 3.95. The Kier molecular flexibility index (Phi) is 5.39. The number of hydrogen-bond acceptors (Lipinski definition) is 4. The van der Waals surface area contributed by atoms with E-state index in [0.717, 1.165) is 18.3 Å². The molecule has 1 rings (SSSR count). The van der Waals surface area contributed by atoms with Crippen LogP contribution in [0.4, 0.5) is 5.95 Å². The Hall–Kier alpha value is -0.840. The highest BCUT2D eigenvalue weighted by Gasteiger charge is 2.04. The van der Waals surface area contributed by atoms with Gasteiger partial charge in [-0.1, -0.05) is 22.9 Å². The predicted octanol–water partition coefficient (Wildman–Crippen LogP) is 2.10. The number of alkyl halides is 1. The zero-order chi connectivity index (χ0) is 11.1. The van der Waals surface area contributed by atoms with Crippen LogP contribution in [-0.2, 0) is 0 Å². The first-order valence-electron chi connectivity index (χ1n) is 5.01. The minimum atomic E-state index is 0.642. The summed E-state index contributed by atoms with van der Waals surface area (Å²) < 4.78 is 5.43. The normalized spacial score (nSPS) is 10.1. The van der Waals surface area contributed by atoms with Crippen LogP contribution in [0.15, 0.2) is 12.3 Å². The monoisotopic (exact) mass is 273 g/mol. The van der Waals surface area contributed by atoms with E-state index in [1.807, 2.05) is 11.9 Å². The van der Waals surface area contributed by atoms with E-state index in [0.29, 0.717) is 18.4 Å². The molecule has 0 aliphatic carbocycles. The first-order valence-corrected chi connectivity index (χ1v) is 6.13. The van der Waals surface area contributed by atoms with E-state index in [1.165, 1.54) is 0 Å². The topological polar surface area (TPSA) is 38.2 Å². The van der Waals surface area contributed by atoms with Crippen LogP contribution in [0.5, 0.6) is 5.88 Å². The van der Waals surface area contributed by atoms with Crippen LogP contribution in [0.3, 0.4) is 0 Å². The fourth-order valence-corrected chi connectivity index (χ4v) is 1.56. The fraction of sp³-hybridized carbons (Fsp3) is 0.600. The molecule has 15 heavy (non-hydrogen) atoms. The standard InChI is InChI=1S/C10H16BrN3O/c1-3-8-15-9-4-6-12-10(13-9)14(2)7-5-11/h4,6H,3,5,7-8H2,1-2H3. The van der Waals surface area contributed by atoms with Crippen molar-refractivity contribution in [2.75, 3.05) is 30.4 Å². The van der Waals surface area contributed by atoms with Gasteiger partial charge >= 0.3 is 0 Å². The molecular formula is C10H16BrN3O. The van der Waals surface area contributed by atoms with Crippen molar-refractivity contribution >= 4 is 21.9 Å². The summed E-state index contributed by atoms with van der Waals surface area (Å²) in [7, 11) is 1.96. The molecule has 1 aromatic heterocycles. The van der Waals surface area contributed by atoms with Gasteiger partial charge in [0.2, 0.25) is 11.8 Å². The molecular weight excluding hydrogens is 258 g/mol. The molecule has 0 aliphatic heterocycles. The maximum atomic E-state index is 5.43. The molecule has 1 aromatic rings. The van der Waals surface area contributed by atoms with Gasteiger partial charge in [0.25, 0.3) is 0 Å². The summed E-state index contributed by atoms with van der Waals surface area (Å²) in [5.74, 6) is 1.34. The quantitative estimate of drug-likeness (QED) is 0.744. The SMILES string of the molecule is CCCOc1ccnc(N(C)CCBr)n1. The summed E-state index contributed by atoms with van der Waals surface area (Å²) in [5, 5.41) is 0.896. The van der Waals surface area contributed by atoms with E-state index in [9.17, 15) is 0 Å². The second-order valence-electron chi connectivity index (χ2n) is 3.15. The van der Waals surface area contributed by atoms with Gasteiger partial charge in [-0.15, -0.1) is 0 Å². The third-order valence-electron chi connectivity index (χ3n) is 1.83. The van der Waals surface area contributed by atoms with Crippen molar-refractivity contribution < 1.29 is 4.74 Å². The van der Waals surface area contributed by atoms with Crippen LogP contribution in [0, 0.1) is 0 Å². The molecule has 0 saturated heterocycles. The Balaban J connectivity index is 2.64. The summed E-state index contributed by atoms with van der Waals surface area (Å²) in [6, 6.07) is 1.78. The van der Waals surface area contributed by atoms with Gasteiger partial charge in [-0.2, -0.15) is 4.98 Å². The van der Waals surface area contributed by atoms with Crippen molar-refractivity contribution in [1.29, 1.82) is 0 Å². The minimum Gasteiger partial charge on any atom is -0.478 e. The van der Waals surface area contributed by atoms with Crippen LogP contribution in [0.2, 0.25) is 0 Å². The van der Waals surface area contributed by atoms with E-state index >= 15 is 0 Å². The lowest BCUT2D eigenvalue weighted by Gasteiger charge is -2.15. The van der Waals surface area contributed by atoms with E-state index in [4.69, 9.17) is 4.74 Å². The smallest absolute Gasteiger partial charge is 0.228 e. The molecule has 0 amide bonds. The Morgan fingerprint density at radius 2 is 2.33 bits per heavy atom. The first kappa shape index (κ1) is 12.2. The second kappa shape index (κ2) is 6.61. The molecule has 0 aromatic carbocycles. The highest BCUT2D eigenvalue weighted by atomic mass is 79.9. The Morgan fingerprint density at radius 1 is 1.53 bits per heavy atom. The van der Waals surface area contributed by atoms with Crippen molar-refractivity contribution in [2.45, 2.75) is 13.3 Å². The zero-order valence-electron chi connectivity index (χ0n) is 9.11. The van der Waals surface area contributed by atoms with Gasteiger partial charge < -0.3 is 9.64 Å². The van der Waals surface area contributed by atoms with Crippen molar-refractivity contribution in [3.63, 3.8) is 0 Å². The lowest BCUT2D eigenvalue weighted by atomic mass is 10.5. The number of ether oxygens (including phenoxy) is 1. The Morgan fingerprint density at radius 3 is 3.00 bits per heavy atom. The lowest BCUT2D eigenvalue weighted by molar-refractivity contribution is 0.305. The third-order valence-corrected chi connectivity index (χ3v) is 2.19. The summed E-state index contributed by atoms with van der Waals surface area (Å²) in [5.41, 5.74) is 0. The minimum absolute atomic E-state index is 0.642. The van der Waals surface area contributed by atoms with Gasteiger partial charge in [-0.25, -0.2) is 4.98 Å². The van der Waals surface area contributed by atoms with Crippen LogP contribution in [-0.4, -0.2) is 35.5 Å². The molecule has 0 N–H and O–H groups in total. The van der Waals surface area contributed by atoms with Gasteiger partial charge in [0.05, 0.1) is 6.61 Å². The van der Waals surface area contributed by atoms with Gasteiger partial charge in [0.1, 0.15) is 0 Å². The Bertz CT molecular complexity index is 296. The molecule has 84 valence electrons.